The van der Waals surface area contributed by atoms with Crippen LogP contribution in [0.1, 0.15) is 40.0 Å². The molecule has 3 nitrogen and oxygen atoms in total. The van der Waals surface area contributed by atoms with Crippen molar-refractivity contribution < 1.29 is 0 Å². The molecule has 0 aromatic heterocycles. The minimum absolute atomic E-state index is 0.00810. The van der Waals surface area contributed by atoms with E-state index in [1.54, 1.807) is 0 Å². The zero-order chi connectivity index (χ0) is 12.4. The summed E-state index contributed by atoms with van der Waals surface area (Å²) in [5.41, 5.74) is 0.574. The number of hydrogen-bond acceptors (Lipinski definition) is 2. The normalized spacial score (nSPS) is 27.4. The second-order valence-electron chi connectivity index (χ2n) is 5.51. The topological polar surface area (TPSA) is 51.9 Å². The molecule has 0 heterocycles. The molecule has 1 aliphatic carbocycles. The molecule has 0 N–H and O–H groups in total. The Hall–Kier alpha value is -1.79. The Morgan fingerprint density at radius 1 is 1.25 bits per heavy atom. The van der Waals surface area contributed by atoms with Gasteiger partial charge in [0, 0.05) is 19.8 Å². The van der Waals surface area contributed by atoms with Gasteiger partial charge >= 0.3 is 0 Å². The van der Waals surface area contributed by atoms with Gasteiger partial charge in [0.1, 0.15) is 17.7 Å². The minimum Gasteiger partial charge on any atom is -0.310 e. The van der Waals surface area contributed by atoms with Crippen LogP contribution in [0.3, 0.4) is 0 Å². The summed E-state index contributed by atoms with van der Waals surface area (Å²) in [6.45, 7) is 13.3. The molecule has 0 amide bonds. The molecule has 16 heavy (non-hydrogen) atoms. The third-order valence-electron chi connectivity index (χ3n) is 2.99. The average molecular weight is 213 g/mol. The number of nitriles is 2. The van der Waals surface area contributed by atoms with Gasteiger partial charge in [0.05, 0.1) is 0 Å². The second kappa shape index (κ2) is 3.99. The van der Waals surface area contributed by atoms with E-state index in [4.69, 9.17) is 17.1 Å². The number of allylic oxidation sites excluding steroid dienone is 1. The average Bonchev–Trinajstić information content (AvgIpc) is 2.17. The maximum atomic E-state index is 8.88. The van der Waals surface area contributed by atoms with Crippen molar-refractivity contribution in [1.29, 1.82) is 10.5 Å². The molecule has 0 spiro atoms. The van der Waals surface area contributed by atoms with Crippen molar-refractivity contribution in [3.8, 4) is 12.1 Å². The standard InChI is InChI=1S/C13H15N3/c1-12(2)5-10(11(7-14)8-15)6-13(3,9-12)16-4/h5-6,9H2,1-3H3. The predicted octanol–water partition coefficient (Wildman–Crippen LogP) is 3.22. The highest BCUT2D eigenvalue weighted by Gasteiger charge is 2.44. The molecule has 0 aliphatic heterocycles. The Bertz CT molecular complexity index is 435. The van der Waals surface area contributed by atoms with Crippen LogP contribution < -0.4 is 0 Å². The first-order valence-corrected chi connectivity index (χ1v) is 5.27. The van der Waals surface area contributed by atoms with E-state index in [9.17, 15) is 0 Å². The highest BCUT2D eigenvalue weighted by Crippen LogP contribution is 2.46. The largest absolute Gasteiger partial charge is 0.310 e. The smallest absolute Gasteiger partial charge is 0.234 e. The fourth-order valence-electron chi connectivity index (χ4n) is 2.69. The molecule has 3 heteroatoms. The van der Waals surface area contributed by atoms with Gasteiger partial charge in [-0.25, -0.2) is 6.57 Å². The molecule has 0 saturated heterocycles. The van der Waals surface area contributed by atoms with Crippen LogP contribution in [0.2, 0.25) is 0 Å². The third-order valence-corrected chi connectivity index (χ3v) is 2.99. The summed E-state index contributed by atoms with van der Waals surface area (Å²) in [6, 6.07) is 3.87. The fourth-order valence-corrected chi connectivity index (χ4v) is 2.69. The molecule has 0 bridgehead atoms. The minimum atomic E-state index is -0.462. The lowest BCUT2D eigenvalue weighted by molar-refractivity contribution is 0.229. The number of rotatable bonds is 0. The first-order chi connectivity index (χ1) is 7.36. The van der Waals surface area contributed by atoms with Crippen molar-refractivity contribution in [2.75, 3.05) is 0 Å². The monoisotopic (exact) mass is 213 g/mol. The van der Waals surface area contributed by atoms with Gasteiger partial charge in [0.25, 0.3) is 0 Å². The third kappa shape index (κ3) is 2.41. The van der Waals surface area contributed by atoms with Crippen molar-refractivity contribution in [2.24, 2.45) is 5.41 Å². The first kappa shape index (κ1) is 12.3. The number of hydrogen-bond donors (Lipinski definition) is 0. The van der Waals surface area contributed by atoms with Gasteiger partial charge in [0.2, 0.25) is 5.54 Å². The van der Waals surface area contributed by atoms with E-state index in [1.807, 2.05) is 19.1 Å². The lowest BCUT2D eigenvalue weighted by Gasteiger charge is -2.36. The molecular weight excluding hydrogens is 198 g/mol. The summed E-state index contributed by atoms with van der Waals surface area (Å²) in [7, 11) is 0. The van der Waals surface area contributed by atoms with Crippen LogP contribution in [0.4, 0.5) is 0 Å². The van der Waals surface area contributed by atoms with E-state index >= 15 is 0 Å². The van der Waals surface area contributed by atoms with E-state index in [1.165, 1.54) is 0 Å². The Balaban J connectivity index is 3.20. The van der Waals surface area contributed by atoms with Gasteiger partial charge < -0.3 is 4.85 Å². The van der Waals surface area contributed by atoms with Crippen LogP contribution in [0.15, 0.2) is 11.1 Å². The van der Waals surface area contributed by atoms with Crippen molar-refractivity contribution in [3.05, 3.63) is 22.6 Å². The maximum Gasteiger partial charge on any atom is 0.234 e. The lowest BCUT2D eigenvalue weighted by Crippen LogP contribution is -2.35. The van der Waals surface area contributed by atoms with E-state index in [2.05, 4.69) is 18.7 Å². The highest BCUT2D eigenvalue weighted by atomic mass is 14.8. The van der Waals surface area contributed by atoms with E-state index in [-0.39, 0.29) is 11.0 Å². The Kier molecular flexibility index (Phi) is 3.06. The first-order valence-electron chi connectivity index (χ1n) is 5.27. The van der Waals surface area contributed by atoms with Crippen molar-refractivity contribution >= 4 is 0 Å². The molecule has 0 aromatic rings. The predicted molar refractivity (Wildman–Crippen MR) is 60.9 cm³/mol. The zero-order valence-corrected chi connectivity index (χ0v) is 9.96. The van der Waals surface area contributed by atoms with Crippen molar-refractivity contribution in [3.63, 3.8) is 0 Å². The summed E-state index contributed by atoms with van der Waals surface area (Å²) in [5.74, 6) is 0. The summed E-state index contributed by atoms with van der Waals surface area (Å²) in [5, 5.41) is 17.8. The molecule has 82 valence electrons. The molecule has 0 aromatic carbocycles. The van der Waals surface area contributed by atoms with E-state index in [0.717, 1.165) is 18.4 Å². The van der Waals surface area contributed by atoms with Crippen LogP contribution in [-0.2, 0) is 0 Å². The zero-order valence-electron chi connectivity index (χ0n) is 9.96. The summed E-state index contributed by atoms with van der Waals surface area (Å²) >= 11 is 0. The van der Waals surface area contributed by atoms with Crippen LogP contribution in [0.25, 0.3) is 4.85 Å². The highest BCUT2D eigenvalue weighted by molar-refractivity contribution is 5.42. The van der Waals surface area contributed by atoms with Gasteiger partial charge in [-0.1, -0.05) is 13.8 Å². The summed E-state index contributed by atoms with van der Waals surface area (Å²) in [6.07, 6.45) is 2.11. The number of nitrogens with zero attached hydrogens (tertiary/aromatic N) is 3. The van der Waals surface area contributed by atoms with Gasteiger partial charge in [-0.05, 0) is 17.4 Å². The van der Waals surface area contributed by atoms with E-state index in [0.29, 0.717) is 6.42 Å². The molecule has 1 saturated carbocycles. The molecule has 0 radical (unpaired) electrons. The Labute approximate surface area is 96.8 Å². The van der Waals surface area contributed by atoms with Crippen LogP contribution >= 0.6 is 0 Å². The van der Waals surface area contributed by atoms with Crippen LogP contribution in [0, 0.1) is 34.6 Å². The molecule has 1 rings (SSSR count). The maximum absolute atomic E-state index is 8.88. The van der Waals surface area contributed by atoms with Crippen molar-refractivity contribution in [1.82, 2.24) is 0 Å². The molecule has 1 atom stereocenters. The van der Waals surface area contributed by atoms with Gasteiger partial charge in [-0.2, -0.15) is 10.5 Å². The Morgan fingerprint density at radius 3 is 2.25 bits per heavy atom. The quantitative estimate of drug-likeness (QED) is 0.458. The second-order valence-corrected chi connectivity index (χ2v) is 5.51. The van der Waals surface area contributed by atoms with E-state index < -0.39 is 5.54 Å². The molecule has 1 fully saturated rings. The fraction of sp³-hybridized carbons (Fsp3) is 0.615. The Morgan fingerprint density at radius 2 is 1.81 bits per heavy atom. The van der Waals surface area contributed by atoms with Crippen LogP contribution in [-0.4, -0.2) is 5.54 Å². The SMILES string of the molecule is [C-]#[N+]C1(C)CC(=C(C#N)C#N)CC(C)(C)C1. The summed E-state index contributed by atoms with van der Waals surface area (Å²) < 4.78 is 0. The molecular formula is C13H15N3. The molecule has 1 aliphatic rings. The van der Waals surface area contributed by atoms with Gasteiger partial charge in [-0.15, -0.1) is 0 Å². The van der Waals surface area contributed by atoms with Gasteiger partial charge in [-0.3, -0.25) is 0 Å². The summed E-state index contributed by atoms with van der Waals surface area (Å²) in [4.78, 5) is 3.67. The van der Waals surface area contributed by atoms with Gasteiger partial charge in [0.15, 0.2) is 0 Å². The van der Waals surface area contributed by atoms with Crippen molar-refractivity contribution in [2.45, 2.75) is 45.6 Å². The molecule has 1 unspecified atom stereocenters. The lowest BCUT2D eigenvalue weighted by atomic mass is 9.66. The van der Waals surface area contributed by atoms with Crippen LogP contribution in [0.5, 0.6) is 0 Å².